The summed E-state index contributed by atoms with van der Waals surface area (Å²) in [6.07, 6.45) is 5.97. The number of amides is 3. The zero-order chi connectivity index (χ0) is 27.6. The van der Waals surface area contributed by atoms with Gasteiger partial charge in [-0.25, -0.2) is 0 Å². The maximum absolute atomic E-state index is 14.5. The molecule has 3 amide bonds. The fourth-order valence-electron chi connectivity index (χ4n) is 6.29. The molecule has 3 aliphatic rings. The van der Waals surface area contributed by atoms with Crippen LogP contribution in [0, 0.1) is 11.8 Å². The van der Waals surface area contributed by atoms with Crippen molar-refractivity contribution in [1.29, 1.82) is 0 Å². The average molecular weight is 625 g/mol. The molecule has 1 N–H and O–H groups in total. The Kier molecular flexibility index (Phi) is 9.33. The molecule has 1 spiro atoms. The van der Waals surface area contributed by atoms with Gasteiger partial charge in [0.15, 0.2) is 0 Å². The van der Waals surface area contributed by atoms with Gasteiger partial charge in [0.2, 0.25) is 11.8 Å². The molecule has 1 aromatic rings. The Morgan fingerprint density at radius 2 is 1.92 bits per heavy atom. The predicted molar refractivity (Wildman–Crippen MR) is 157 cm³/mol. The van der Waals surface area contributed by atoms with Crippen molar-refractivity contribution in [2.45, 2.75) is 46.5 Å². The summed E-state index contributed by atoms with van der Waals surface area (Å²) >= 11 is 12.0. The van der Waals surface area contributed by atoms with Crippen molar-refractivity contribution in [3.05, 3.63) is 54.6 Å². The Labute approximate surface area is 242 Å². The summed E-state index contributed by atoms with van der Waals surface area (Å²) in [4.78, 5) is 47.3. The van der Waals surface area contributed by atoms with E-state index in [1.54, 1.807) is 57.8 Å². The number of likely N-dealkylation sites (tertiary alicyclic amines) is 1. The number of fused-ring (bicyclic) bond motifs is 1. The Morgan fingerprint density at radius 1 is 1.21 bits per heavy atom. The first-order valence-electron chi connectivity index (χ1n) is 13.0. The summed E-state index contributed by atoms with van der Waals surface area (Å²) in [5, 5.41) is 9.58. The van der Waals surface area contributed by atoms with Gasteiger partial charge in [-0.2, -0.15) is 0 Å². The second-order valence-corrected chi connectivity index (χ2v) is 13.3. The lowest BCUT2D eigenvalue weighted by molar-refractivity contribution is -0.143. The number of hydrogen-bond donors (Lipinski definition) is 1. The minimum Gasteiger partial charge on any atom is -0.396 e. The van der Waals surface area contributed by atoms with Crippen LogP contribution in [0.1, 0.15) is 25.7 Å². The normalized spacial score (nSPS) is 29.3. The number of nitrogens with zero attached hydrogens (tertiary/aromatic N) is 3. The number of alkyl halides is 1. The number of likely N-dealkylation sites (N-methyl/N-ethyl adjacent to an activating group) is 1. The lowest BCUT2D eigenvalue weighted by atomic mass is 9.70. The van der Waals surface area contributed by atoms with Crippen LogP contribution < -0.4 is 4.90 Å². The van der Waals surface area contributed by atoms with Crippen molar-refractivity contribution < 1.29 is 19.5 Å². The minimum absolute atomic E-state index is 0.000405. The number of benzene rings is 1. The summed E-state index contributed by atoms with van der Waals surface area (Å²) in [5.74, 6) is -1.55. The van der Waals surface area contributed by atoms with Crippen LogP contribution in [-0.4, -0.2) is 86.8 Å². The Morgan fingerprint density at radius 3 is 2.58 bits per heavy atom. The number of para-hydroxylation sites is 1. The summed E-state index contributed by atoms with van der Waals surface area (Å²) in [5.41, 5.74) is 0.567. The van der Waals surface area contributed by atoms with E-state index in [0.29, 0.717) is 43.1 Å². The highest BCUT2D eigenvalue weighted by Gasteiger charge is 2.75. The number of aliphatic hydroxyl groups is 1. The topological polar surface area (TPSA) is 81.2 Å². The van der Waals surface area contributed by atoms with E-state index in [9.17, 15) is 19.5 Å². The van der Waals surface area contributed by atoms with E-state index in [0.717, 1.165) is 6.42 Å². The number of carbonyl (C=O) groups is 3. The van der Waals surface area contributed by atoms with Crippen LogP contribution in [0.2, 0.25) is 5.02 Å². The number of anilines is 1. The van der Waals surface area contributed by atoms with Gasteiger partial charge in [-0.1, -0.05) is 51.8 Å². The first kappa shape index (κ1) is 29.2. The van der Waals surface area contributed by atoms with E-state index in [2.05, 4.69) is 29.1 Å². The Bertz CT molecular complexity index is 1110. The molecule has 4 rings (SSSR count). The Hall–Kier alpha value is -1.81. The lowest BCUT2D eigenvalue weighted by Crippen LogP contribution is -2.56. The molecule has 3 saturated heterocycles. The van der Waals surface area contributed by atoms with Gasteiger partial charge in [-0.3, -0.25) is 14.4 Å². The molecule has 206 valence electrons. The number of aliphatic hydroxyl groups excluding tert-OH is 1. The summed E-state index contributed by atoms with van der Waals surface area (Å²) < 4.78 is -0.736. The van der Waals surface area contributed by atoms with E-state index in [1.807, 2.05) is 12.1 Å². The first-order chi connectivity index (χ1) is 18.2. The van der Waals surface area contributed by atoms with Gasteiger partial charge in [0.1, 0.15) is 6.04 Å². The molecule has 3 aliphatic heterocycles. The SMILES string of the molecule is C=CCN(C)C(=O)[C@H]1[C@@H]2SC3(CC2Br)C(C(=O)N(CC=C)c2ccccc2Cl)N(CCCCCO)C(=O)[C@H]13. The zero-order valence-electron chi connectivity index (χ0n) is 21.6. The van der Waals surface area contributed by atoms with Crippen molar-refractivity contribution in [2.24, 2.45) is 11.8 Å². The minimum atomic E-state index is -0.747. The lowest BCUT2D eigenvalue weighted by Gasteiger charge is -2.38. The van der Waals surface area contributed by atoms with Crippen molar-refractivity contribution in [3.8, 4) is 0 Å². The average Bonchev–Trinajstić information content (AvgIpc) is 3.48. The molecule has 3 unspecified atom stereocenters. The van der Waals surface area contributed by atoms with Crippen LogP contribution in [-0.2, 0) is 14.4 Å². The smallest absolute Gasteiger partial charge is 0.251 e. The summed E-state index contributed by atoms with van der Waals surface area (Å²) in [7, 11) is 1.73. The third-order valence-corrected chi connectivity index (χ3v) is 11.4. The van der Waals surface area contributed by atoms with Gasteiger partial charge in [0, 0.05) is 43.4 Å². The predicted octanol–water partition coefficient (Wildman–Crippen LogP) is 4.13. The third-order valence-electron chi connectivity index (χ3n) is 7.87. The highest BCUT2D eigenvalue weighted by Crippen LogP contribution is 2.68. The van der Waals surface area contributed by atoms with Crippen LogP contribution in [0.25, 0.3) is 0 Å². The fraction of sp³-hybridized carbons (Fsp3) is 0.536. The van der Waals surface area contributed by atoms with Crippen molar-refractivity contribution >= 4 is 62.7 Å². The van der Waals surface area contributed by atoms with Gasteiger partial charge in [-0.15, -0.1) is 24.9 Å². The van der Waals surface area contributed by atoms with Crippen molar-refractivity contribution in [3.63, 3.8) is 0 Å². The van der Waals surface area contributed by atoms with Gasteiger partial charge in [-0.05, 0) is 37.8 Å². The van der Waals surface area contributed by atoms with E-state index < -0.39 is 22.6 Å². The van der Waals surface area contributed by atoms with Crippen LogP contribution in [0.5, 0.6) is 0 Å². The van der Waals surface area contributed by atoms with Gasteiger partial charge in [0.05, 0.1) is 27.3 Å². The van der Waals surface area contributed by atoms with E-state index in [1.165, 1.54) is 0 Å². The maximum Gasteiger partial charge on any atom is 0.251 e. The number of thioether (sulfide) groups is 1. The number of hydrogen-bond acceptors (Lipinski definition) is 5. The van der Waals surface area contributed by atoms with Crippen LogP contribution in [0.15, 0.2) is 49.6 Å². The second-order valence-electron chi connectivity index (χ2n) is 10.2. The standard InChI is InChI=1S/C28H35BrClN3O4S/c1-4-13-31(3)25(35)21-22-26(36)33(15-9-6-10-16-34)24(28(22)17-18(29)23(21)38-28)27(37)32(14-5-2)20-12-8-7-11-19(20)30/h4-5,7-8,11-12,18,21-24,34H,1-2,6,9-10,13-17H2,3H3/t18?,21-,22+,23-,24?,28?/m1/s1. The van der Waals surface area contributed by atoms with Crippen LogP contribution in [0.3, 0.4) is 0 Å². The molecule has 6 atom stereocenters. The molecule has 0 aromatic heterocycles. The Balaban J connectivity index is 1.77. The molecule has 0 saturated carbocycles. The van der Waals surface area contributed by atoms with E-state index >= 15 is 0 Å². The molecule has 0 radical (unpaired) electrons. The molecular formula is C28H35BrClN3O4S. The number of carbonyl (C=O) groups excluding carboxylic acids is 3. The number of unbranched alkanes of at least 4 members (excludes halogenated alkanes) is 2. The maximum atomic E-state index is 14.5. The summed E-state index contributed by atoms with van der Waals surface area (Å²) in [6, 6.07) is 6.42. The van der Waals surface area contributed by atoms with E-state index in [-0.39, 0.29) is 41.0 Å². The van der Waals surface area contributed by atoms with Crippen LogP contribution in [0.4, 0.5) is 5.69 Å². The molecule has 1 aromatic carbocycles. The molecule has 38 heavy (non-hydrogen) atoms. The van der Waals surface area contributed by atoms with Crippen molar-refractivity contribution in [2.75, 3.05) is 38.2 Å². The monoisotopic (exact) mass is 623 g/mol. The second kappa shape index (κ2) is 12.1. The molecule has 10 heteroatoms. The highest BCUT2D eigenvalue weighted by molar-refractivity contribution is 9.09. The van der Waals surface area contributed by atoms with Crippen molar-refractivity contribution in [1.82, 2.24) is 9.80 Å². The highest BCUT2D eigenvalue weighted by atomic mass is 79.9. The quantitative estimate of drug-likeness (QED) is 0.215. The van der Waals surface area contributed by atoms with Gasteiger partial charge in [0.25, 0.3) is 5.91 Å². The molecular weight excluding hydrogens is 590 g/mol. The number of rotatable bonds is 12. The first-order valence-corrected chi connectivity index (χ1v) is 15.2. The summed E-state index contributed by atoms with van der Waals surface area (Å²) in [6.45, 7) is 8.70. The zero-order valence-corrected chi connectivity index (χ0v) is 24.8. The molecule has 3 fully saturated rings. The van der Waals surface area contributed by atoms with Gasteiger partial charge < -0.3 is 19.8 Å². The molecule has 0 aliphatic carbocycles. The molecule has 2 bridgehead atoms. The van der Waals surface area contributed by atoms with Crippen LogP contribution >= 0.6 is 39.3 Å². The number of halogens is 2. The fourth-order valence-corrected chi connectivity index (χ4v) is 10.1. The van der Waals surface area contributed by atoms with E-state index in [4.69, 9.17) is 11.6 Å². The molecule has 3 heterocycles. The van der Waals surface area contributed by atoms with Gasteiger partial charge >= 0.3 is 0 Å². The molecule has 7 nitrogen and oxygen atoms in total. The largest absolute Gasteiger partial charge is 0.396 e. The third kappa shape index (κ3) is 4.95.